The molecule has 10 heteroatoms. The molecule has 0 aliphatic carbocycles. The number of rotatable bonds is 7. The molecule has 0 spiro atoms. The number of nitrogens with zero attached hydrogens (tertiary/aromatic N) is 2. The summed E-state index contributed by atoms with van der Waals surface area (Å²) in [5.41, 5.74) is -0.615. The zero-order chi connectivity index (χ0) is 25.1. The third-order valence-corrected chi connectivity index (χ3v) is 8.69. The first-order chi connectivity index (χ1) is 16.6. The number of hydrogen-bond acceptors (Lipinski definition) is 6. The van der Waals surface area contributed by atoms with E-state index in [0.717, 1.165) is 19.3 Å². The van der Waals surface area contributed by atoms with Gasteiger partial charge < -0.3 is 15.2 Å². The average Bonchev–Trinajstić information content (AvgIpc) is 2.82. The van der Waals surface area contributed by atoms with Crippen LogP contribution in [0, 0.1) is 0 Å². The summed E-state index contributed by atoms with van der Waals surface area (Å²) >= 11 is 6.05. The lowest BCUT2D eigenvalue weighted by Crippen LogP contribution is -2.57. The molecule has 190 valence electrons. The molecule has 0 radical (unpaired) electrons. The summed E-state index contributed by atoms with van der Waals surface area (Å²) < 4.78 is 33.5. The Bertz CT molecular complexity index is 1150. The number of carbonyl (C=O) groups excluding carboxylic acids is 1. The lowest BCUT2D eigenvalue weighted by molar-refractivity contribution is -0.122. The lowest BCUT2D eigenvalue weighted by atomic mass is 9.90. The number of amides is 1. The van der Waals surface area contributed by atoms with Crippen molar-refractivity contribution in [3.63, 3.8) is 0 Å². The first kappa shape index (κ1) is 25.9. The maximum absolute atomic E-state index is 13.0. The van der Waals surface area contributed by atoms with Gasteiger partial charge in [-0.1, -0.05) is 30.2 Å². The smallest absolute Gasteiger partial charge is 0.243 e. The Morgan fingerprint density at radius 2 is 1.89 bits per heavy atom. The van der Waals surface area contributed by atoms with Crippen LogP contribution in [0.4, 0.5) is 5.69 Å². The molecule has 2 fully saturated rings. The molecule has 2 atom stereocenters. The Morgan fingerprint density at radius 1 is 1.14 bits per heavy atom. The van der Waals surface area contributed by atoms with Crippen LogP contribution < -0.4 is 10.1 Å². The number of ether oxygens (including phenoxy) is 1. The Morgan fingerprint density at radius 3 is 2.63 bits per heavy atom. The predicted octanol–water partition coefficient (Wildman–Crippen LogP) is 3.36. The number of carbonyl (C=O) groups is 1. The van der Waals surface area contributed by atoms with Crippen molar-refractivity contribution >= 4 is 33.2 Å². The first-order valence-electron chi connectivity index (χ1n) is 11.9. The van der Waals surface area contributed by atoms with Gasteiger partial charge in [-0.2, -0.15) is 4.31 Å². The highest BCUT2D eigenvalue weighted by atomic mass is 35.5. The van der Waals surface area contributed by atoms with Crippen molar-refractivity contribution in [1.82, 2.24) is 9.21 Å². The molecular weight excluding hydrogens is 490 g/mol. The van der Waals surface area contributed by atoms with Gasteiger partial charge in [-0.15, -0.1) is 0 Å². The van der Waals surface area contributed by atoms with Crippen LogP contribution in [0.1, 0.15) is 32.6 Å². The minimum atomic E-state index is -3.58. The number of piperidine rings is 2. The zero-order valence-electron chi connectivity index (χ0n) is 19.8. The number of anilines is 1. The van der Waals surface area contributed by atoms with Crippen molar-refractivity contribution in [2.24, 2.45) is 0 Å². The van der Waals surface area contributed by atoms with Crippen LogP contribution in [0.2, 0.25) is 5.02 Å². The van der Waals surface area contributed by atoms with E-state index >= 15 is 0 Å². The van der Waals surface area contributed by atoms with Crippen molar-refractivity contribution in [3.8, 4) is 5.75 Å². The fraction of sp³-hybridized carbons (Fsp3) is 0.480. The quantitative estimate of drug-likeness (QED) is 0.579. The molecule has 2 saturated heterocycles. The number of halogens is 1. The van der Waals surface area contributed by atoms with Gasteiger partial charge in [0.1, 0.15) is 17.5 Å². The number of sulfonamides is 1. The van der Waals surface area contributed by atoms with Crippen LogP contribution in [0.3, 0.4) is 0 Å². The fourth-order valence-electron chi connectivity index (χ4n) is 4.47. The molecule has 8 nitrogen and oxygen atoms in total. The van der Waals surface area contributed by atoms with Crippen LogP contribution in [-0.2, 0) is 14.8 Å². The van der Waals surface area contributed by atoms with Crippen LogP contribution in [0.15, 0.2) is 53.4 Å². The van der Waals surface area contributed by atoms with E-state index < -0.39 is 21.7 Å². The van der Waals surface area contributed by atoms with E-state index in [1.807, 2.05) is 4.90 Å². The lowest BCUT2D eigenvalue weighted by Gasteiger charge is -2.42. The molecule has 2 N–H and O–H groups in total. The summed E-state index contributed by atoms with van der Waals surface area (Å²) in [6.07, 6.45) is 2.66. The van der Waals surface area contributed by atoms with Crippen molar-refractivity contribution in [2.75, 3.05) is 38.0 Å². The van der Waals surface area contributed by atoms with Crippen molar-refractivity contribution < 1.29 is 23.1 Å². The number of aliphatic hydroxyl groups is 1. The zero-order valence-corrected chi connectivity index (χ0v) is 21.4. The Labute approximate surface area is 211 Å². The van der Waals surface area contributed by atoms with Gasteiger partial charge in [-0.3, -0.25) is 9.69 Å². The Hall–Kier alpha value is -2.17. The maximum Gasteiger partial charge on any atom is 0.243 e. The molecule has 0 bridgehead atoms. The van der Waals surface area contributed by atoms with E-state index in [1.54, 1.807) is 49.4 Å². The van der Waals surface area contributed by atoms with Crippen LogP contribution >= 0.6 is 11.6 Å². The second-order valence-corrected chi connectivity index (χ2v) is 11.8. The number of nitrogens with one attached hydrogen (secondary N) is 1. The SMILES string of the molecule is C[C@]1(O)CCN(CC(=O)Nc2cccc(S(=O)(=O)N3CCCCC3)c2)C[C@@H]1Oc1cccc(Cl)c1. The summed E-state index contributed by atoms with van der Waals surface area (Å²) in [6.45, 7) is 3.75. The molecule has 0 unspecified atom stereocenters. The molecule has 35 heavy (non-hydrogen) atoms. The summed E-state index contributed by atoms with van der Waals surface area (Å²) in [7, 11) is -3.58. The van der Waals surface area contributed by atoms with Crippen molar-refractivity contribution in [1.29, 1.82) is 0 Å². The van der Waals surface area contributed by atoms with E-state index in [-0.39, 0.29) is 17.3 Å². The van der Waals surface area contributed by atoms with Gasteiger partial charge in [-0.25, -0.2) is 8.42 Å². The number of benzene rings is 2. The summed E-state index contributed by atoms with van der Waals surface area (Å²) in [4.78, 5) is 14.9. The summed E-state index contributed by atoms with van der Waals surface area (Å²) in [5, 5.41) is 14.2. The van der Waals surface area contributed by atoms with Gasteiger partial charge in [0, 0.05) is 36.9 Å². The van der Waals surface area contributed by atoms with E-state index in [9.17, 15) is 18.3 Å². The number of likely N-dealkylation sites (tertiary alicyclic amines) is 1. The van der Waals surface area contributed by atoms with E-state index in [2.05, 4.69) is 5.32 Å². The van der Waals surface area contributed by atoms with Crippen molar-refractivity contribution in [3.05, 3.63) is 53.6 Å². The standard InChI is InChI=1S/C25H32ClN3O5S/c1-25(31)11-14-28(17-23(25)34-21-9-5-7-19(26)15-21)18-24(30)27-20-8-6-10-22(16-20)35(32,33)29-12-3-2-4-13-29/h5-10,15-16,23,31H,2-4,11-14,17-18H2,1H3,(H,27,30)/t23-,25-/m0/s1. The first-order valence-corrected chi connectivity index (χ1v) is 13.7. The van der Waals surface area contributed by atoms with Gasteiger partial charge in [0.05, 0.1) is 11.4 Å². The summed E-state index contributed by atoms with van der Waals surface area (Å²) in [6, 6.07) is 13.4. The van der Waals surface area contributed by atoms with Gasteiger partial charge in [0.25, 0.3) is 0 Å². The molecule has 2 heterocycles. The van der Waals surface area contributed by atoms with Gasteiger partial charge in [0.2, 0.25) is 15.9 Å². The van der Waals surface area contributed by atoms with Crippen LogP contribution in [-0.4, -0.2) is 73.1 Å². The Kier molecular flexibility index (Phi) is 8.02. The fourth-order valence-corrected chi connectivity index (χ4v) is 6.22. The highest BCUT2D eigenvalue weighted by Crippen LogP contribution is 2.28. The molecule has 4 rings (SSSR count). The summed E-state index contributed by atoms with van der Waals surface area (Å²) in [5.74, 6) is 0.293. The minimum Gasteiger partial charge on any atom is -0.486 e. The highest BCUT2D eigenvalue weighted by molar-refractivity contribution is 7.89. The average molecular weight is 522 g/mol. The largest absolute Gasteiger partial charge is 0.486 e. The minimum absolute atomic E-state index is 0.0919. The van der Waals surface area contributed by atoms with Gasteiger partial charge in [-0.05, 0) is 62.6 Å². The third kappa shape index (κ3) is 6.54. The van der Waals surface area contributed by atoms with Crippen molar-refractivity contribution in [2.45, 2.75) is 49.2 Å². The van der Waals surface area contributed by atoms with Gasteiger partial charge >= 0.3 is 0 Å². The van der Waals surface area contributed by atoms with Crippen LogP contribution in [0.5, 0.6) is 5.75 Å². The monoisotopic (exact) mass is 521 g/mol. The normalized spacial score (nSPS) is 24.1. The van der Waals surface area contributed by atoms with E-state index in [0.29, 0.717) is 49.1 Å². The predicted molar refractivity (Wildman–Crippen MR) is 135 cm³/mol. The number of hydrogen-bond donors (Lipinski definition) is 2. The third-order valence-electron chi connectivity index (χ3n) is 6.56. The molecule has 1 amide bonds. The molecule has 2 aliphatic heterocycles. The van der Waals surface area contributed by atoms with E-state index in [1.165, 1.54) is 10.4 Å². The highest BCUT2D eigenvalue weighted by Gasteiger charge is 2.40. The Balaban J connectivity index is 1.38. The molecule has 2 aliphatic rings. The molecule has 0 saturated carbocycles. The molecule has 0 aromatic heterocycles. The second-order valence-electron chi connectivity index (χ2n) is 9.45. The molecular formula is C25H32ClN3O5S. The van der Waals surface area contributed by atoms with Gasteiger partial charge in [0.15, 0.2) is 0 Å². The topological polar surface area (TPSA) is 99.2 Å². The maximum atomic E-state index is 13.0. The second kappa shape index (κ2) is 10.8. The molecule has 2 aromatic rings. The molecule has 2 aromatic carbocycles. The van der Waals surface area contributed by atoms with E-state index in [4.69, 9.17) is 16.3 Å². The van der Waals surface area contributed by atoms with Crippen LogP contribution in [0.25, 0.3) is 0 Å².